The molecule has 0 saturated carbocycles. The summed E-state index contributed by atoms with van der Waals surface area (Å²) in [5.41, 5.74) is 1.89. The number of rotatable bonds is 3. The minimum absolute atomic E-state index is 0.0914. The standard InChI is InChI=1S/C12H13N3OS/c1-8-7-17-12(13-8)15-14-9(2)10-4-3-5-11(16)6-10/h3-7,9,16H,1-2H3. The van der Waals surface area contributed by atoms with Crippen LogP contribution < -0.4 is 0 Å². The second-order valence-electron chi connectivity index (χ2n) is 3.76. The summed E-state index contributed by atoms with van der Waals surface area (Å²) in [6, 6.07) is 6.95. The van der Waals surface area contributed by atoms with Gasteiger partial charge < -0.3 is 5.11 Å². The van der Waals surface area contributed by atoms with E-state index < -0.39 is 0 Å². The molecule has 1 atom stereocenters. The average molecular weight is 247 g/mol. The van der Waals surface area contributed by atoms with Crippen LogP contribution in [0.1, 0.15) is 24.2 Å². The molecule has 1 aromatic carbocycles. The Balaban J connectivity index is 2.11. The lowest BCUT2D eigenvalue weighted by molar-refractivity contribution is 0.474. The molecule has 4 nitrogen and oxygen atoms in total. The second-order valence-corrected chi connectivity index (χ2v) is 4.59. The molecule has 5 heteroatoms. The van der Waals surface area contributed by atoms with Gasteiger partial charge in [0.15, 0.2) is 0 Å². The number of aromatic nitrogens is 1. The van der Waals surface area contributed by atoms with Crippen molar-refractivity contribution in [2.45, 2.75) is 19.9 Å². The van der Waals surface area contributed by atoms with Crippen LogP contribution in [0.2, 0.25) is 0 Å². The fourth-order valence-electron chi connectivity index (χ4n) is 1.37. The maximum absolute atomic E-state index is 9.37. The van der Waals surface area contributed by atoms with Gasteiger partial charge in [-0.15, -0.1) is 16.5 Å². The van der Waals surface area contributed by atoms with Crippen molar-refractivity contribution in [1.29, 1.82) is 0 Å². The highest BCUT2D eigenvalue weighted by Crippen LogP contribution is 2.24. The Hall–Kier alpha value is -1.75. The summed E-state index contributed by atoms with van der Waals surface area (Å²) in [6.07, 6.45) is 0. The Labute approximate surface area is 104 Å². The van der Waals surface area contributed by atoms with Crippen LogP contribution in [0.15, 0.2) is 39.9 Å². The fourth-order valence-corrected chi connectivity index (χ4v) is 1.99. The predicted octanol–water partition coefficient (Wildman–Crippen LogP) is 4.00. The van der Waals surface area contributed by atoms with Crippen LogP contribution in [-0.2, 0) is 0 Å². The molecule has 0 aliphatic rings. The molecule has 0 spiro atoms. The van der Waals surface area contributed by atoms with E-state index in [0.29, 0.717) is 5.13 Å². The van der Waals surface area contributed by atoms with Crippen molar-refractivity contribution in [3.05, 3.63) is 40.9 Å². The average Bonchev–Trinajstić information content (AvgIpc) is 2.72. The number of thiazole rings is 1. The van der Waals surface area contributed by atoms with Crippen molar-refractivity contribution in [3.63, 3.8) is 0 Å². The van der Waals surface area contributed by atoms with Crippen molar-refractivity contribution in [3.8, 4) is 5.75 Å². The molecule has 0 amide bonds. The summed E-state index contributed by atoms with van der Waals surface area (Å²) in [5, 5.41) is 20.2. The molecule has 0 radical (unpaired) electrons. The molecule has 1 heterocycles. The lowest BCUT2D eigenvalue weighted by atomic mass is 10.1. The molecule has 1 unspecified atom stereocenters. The van der Waals surface area contributed by atoms with Crippen LogP contribution in [0, 0.1) is 6.92 Å². The number of aryl methyl sites for hydroxylation is 1. The molecule has 1 aromatic heterocycles. The lowest BCUT2D eigenvalue weighted by Crippen LogP contribution is -1.87. The van der Waals surface area contributed by atoms with Gasteiger partial charge >= 0.3 is 0 Å². The summed E-state index contributed by atoms with van der Waals surface area (Å²) in [4.78, 5) is 4.20. The minimum Gasteiger partial charge on any atom is -0.508 e. The first-order chi connectivity index (χ1) is 8.15. The van der Waals surface area contributed by atoms with E-state index in [1.807, 2.05) is 25.3 Å². The van der Waals surface area contributed by atoms with Crippen LogP contribution in [0.4, 0.5) is 5.13 Å². The monoisotopic (exact) mass is 247 g/mol. The molecule has 2 rings (SSSR count). The van der Waals surface area contributed by atoms with E-state index in [-0.39, 0.29) is 11.8 Å². The first kappa shape index (κ1) is 11.7. The minimum atomic E-state index is -0.0914. The van der Waals surface area contributed by atoms with Gasteiger partial charge in [-0.25, -0.2) is 4.98 Å². The summed E-state index contributed by atoms with van der Waals surface area (Å²) >= 11 is 1.47. The van der Waals surface area contributed by atoms with Gasteiger partial charge in [-0.2, -0.15) is 5.11 Å². The summed E-state index contributed by atoms with van der Waals surface area (Å²) in [7, 11) is 0. The zero-order chi connectivity index (χ0) is 12.3. The number of phenolic OH excluding ortho intramolecular Hbond substituents is 1. The van der Waals surface area contributed by atoms with Gasteiger partial charge in [0.25, 0.3) is 0 Å². The maximum atomic E-state index is 9.37. The maximum Gasteiger partial charge on any atom is 0.229 e. The van der Waals surface area contributed by atoms with E-state index >= 15 is 0 Å². The van der Waals surface area contributed by atoms with E-state index in [9.17, 15) is 5.11 Å². The zero-order valence-electron chi connectivity index (χ0n) is 9.66. The predicted molar refractivity (Wildman–Crippen MR) is 67.9 cm³/mol. The van der Waals surface area contributed by atoms with Crippen molar-refractivity contribution in [2.24, 2.45) is 10.2 Å². The summed E-state index contributed by atoms with van der Waals surface area (Å²) in [5.74, 6) is 0.245. The van der Waals surface area contributed by atoms with Gasteiger partial charge in [-0.05, 0) is 31.5 Å². The molecule has 88 valence electrons. The fraction of sp³-hybridized carbons (Fsp3) is 0.250. The molecule has 17 heavy (non-hydrogen) atoms. The second kappa shape index (κ2) is 5.05. The molecular formula is C12H13N3OS. The zero-order valence-corrected chi connectivity index (χ0v) is 10.5. The van der Waals surface area contributed by atoms with Gasteiger partial charge in [0.2, 0.25) is 5.13 Å². The number of aromatic hydroxyl groups is 1. The normalized spacial score (nSPS) is 13.1. The molecule has 1 N–H and O–H groups in total. The molecule has 2 aromatic rings. The highest BCUT2D eigenvalue weighted by Gasteiger charge is 2.04. The number of phenols is 1. The van der Waals surface area contributed by atoms with Crippen LogP contribution in [0.25, 0.3) is 0 Å². The van der Waals surface area contributed by atoms with E-state index in [2.05, 4.69) is 15.2 Å². The number of azo groups is 1. The quantitative estimate of drug-likeness (QED) is 0.833. The Kier molecular flexibility index (Phi) is 3.49. The largest absolute Gasteiger partial charge is 0.508 e. The van der Waals surface area contributed by atoms with Crippen LogP contribution in [0.3, 0.4) is 0 Å². The van der Waals surface area contributed by atoms with Gasteiger partial charge in [0.05, 0.1) is 11.7 Å². The van der Waals surface area contributed by atoms with E-state index in [1.165, 1.54) is 11.3 Å². The number of hydrogen-bond acceptors (Lipinski definition) is 5. The molecule has 0 aliphatic heterocycles. The number of nitrogens with zero attached hydrogens (tertiary/aromatic N) is 3. The Morgan fingerprint density at radius 3 is 2.88 bits per heavy atom. The van der Waals surface area contributed by atoms with Crippen molar-refractivity contribution in [1.82, 2.24) is 4.98 Å². The Morgan fingerprint density at radius 1 is 1.41 bits per heavy atom. The van der Waals surface area contributed by atoms with Crippen molar-refractivity contribution < 1.29 is 5.11 Å². The third-order valence-corrected chi connectivity index (χ3v) is 3.12. The van der Waals surface area contributed by atoms with Gasteiger partial charge in [0, 0.05) is 5.38 Å². The smallest absolute Gasteiger partial charge is 0.229 e. The molecule has 0 aliphatic carbocycles. The third-order valence-electron chi connectivity index (χ3n) is 2.28. The molecule has 0 bridgehead atoms. The van der Waals surface area contributed by atoms with Crippen LogP contribution in [-0.4, -0.2) is 10.1 Å². The number of benzene rings is 1. The van der Waals surface area contributed by atoms with E-state index in [1.54, 1.807) is 18.2 Å². The van der Waals surface area contributed by atoms with Crippen molar-refractivity contribution in [2.75, 3.05) is 0 Å². The molecule has 0 fully saturated rings. The molecule has 0 saturated heterocycles. The topological polar surface area (TPSA) is 57.8 Å². The lowest BCUT2D eigenvalue weighted by Gasteiger charge is -2.04. The first-order valence-corrected chi connectivity index (χ1v) is 6.15. The number of hydrogen-bond donors (Lipinski definition) is 1. The van der Waals surface area contributed by atoms with Crippen molar-refractivity contribution >= 4 is 16.5 Å². The van der Waals surface area contributed by atoms with E-state index in [4.69, 9.17) is 0 Å². The van der Waals surface area contributed by atoms with Crippen LogP contribution >= 0.6 is 11.3 Å². The highest BCUT2D eigenvalue weighted by atomic mass is 32.1. The van der Waals surface area contributed by atoms with Gasteiger partial charge in [0.1, 0.15) is 5.75 Å². The SMILES string of the molecule is Cc1csc(N=NC(C)c2cccc(O)c2)n1. The van der Waals surface area contributed by atoms with E-state index in [0.717, 1.165) is 11.3 Å². The summed E-state index contributed by atoms with van der Waals surface area (Å²) in [6.45, 7) is 3.85. The highest BCUT2D eigenvalue weighted by molar-refractivity contribution is 7.13. The van der Waals surface area contributed by atoms with Gasteiger partial charge in [-0.1, -0.05) is 12.1 Å². The Bertz CT molecular complexity index is 536. The third kappa shape index (κ3) is 3.10. The molecular weight excluding hydrogens is 234 g/mol. The summed E-state index contributed by atoms with van der Waals surface area (Å²) < 4.78 is 0. The van der Waals surface area contributed by atoms with Gasteiger partial charge in [-0.3, -0.25) is 0 Å². The first-order valence-electron chi connectivity index (χ1n) is 5.27. The Morgan fingerprint density at radius 2 is 2.24 bits per heavy atom. The van der Waals surface area contributed by atoms with Crippen LogP contribution in [0.5, 0.6) is 5.75 Å².